The minimum Gasteiger partial charge on any atom is -0.296 e. The van der Waals surface area contributed by atoms with Gasteiger partial charge in [0.15, 0.2) is 0 Å². The largest absolute Gasteiger partial charge is 0.296 e. The number of rotatable bonds is 2. The molecule has 1 aliphatic rings. The van der Waals surface area contributed by atoms with E-state index < -0.39 is 0 Å². The molecule has 0 bridgehead atoms. The normalized spacial score (nSPS) is 18.9. The Bertz CT molecular complexity index is 661. The molecule has 2 aromatic rings. The number of hydrogen-bond donors (Lipinski definition) is 1. The van der Waals surface area contributed by atoms with E-state index in [2.05, 4.69) is 10.4 Å². The number of carbonyl (C=O) groups is 2. The average Bonchev–Trinajstić information content (AvgIpc) is 2.81. The second-order valence-electron chi connectivity index (χ2n) is 4.95. The predicted molar refractivity (Wildman–Crippen MR) is 73.8 cm³/mol. The third kappa shape index (κ3) is 2.22. The first kappa shape index (κ1) is 12.6. The second-order valence-corrected chi connectivity index (χ2v) is 4.95. The number of benzene rings is 1. The Kier molecular flexibility index (Phi) is 3.10. The molecule has 1 unspecified atom stereocenters. The molecule has 1 saturated heterocycles. The van der Waals surface area contributed by atoms with E-state index in [4.69, 9.17) is 0 Å². The number of nitrogens with one attached hydrogen (secondary N) is 1. The highest BCUT2D eigenvalue weighted by molar-refractivity contribution is 6.00. The van der Waals surface area contributed by atoms with Gasteiger partial charge in [0.1, 0.15) is 0 Å². The molecule has 20 heavy (non-hydrogen) atoms. The zero-order chi connectivity index (χ0) is 14.1. The number of aromatic nitrogens is 2. The van der Waals surface area contributed by atoms with Crippen LogP contribution in [0.2, 0.25) is 0 Å². The first-order valence-corrected chi connectivity index (χ1v) is 6.58. The van der Waals surface area contributed by atoms with Crippen LogP contribution < -0.4 is 5.32 Å². The zero-order valence-electron chi connectivity index (χ0n) is 11.2. The zero-order valence-corrected chi connectivity index (χ0v) is 11.2. The molecule has 1 aromatic carbocycles. The Morgan fingerprint density at radius 1 is 1.25 bits per heavy atom. The van der Waals surface area contributed by atoms with E-state index in [0.29, 0.717) is 12.8 Å². The van der Waals surface area contributed by atoms with E-state index in [1.165, 1.54) is 0 Å². The lowest BCUT2D eigenvalue weighted by atomic mass is 9.94. The summed E-state index contributed by atoms with van der Waals surface area (Å²) in [6.45, 7) is 0. The number of amides is 2. The van der Waals surface area contributed by atoms with Gasteiger partial charge in [-0.05, 0) is 18.1 Å². The molecule has 1 fully saturated rings. The lowest BCUT2D eigenvalue weighted by Crippen LogP contribution is -2.39. The summed E-state index contributed by atoms with van der Waals surface area (Å²) in [5.41, 5.74) is 2.74. The summed E-state index contributed by atoms with van der Waals surface area (Å²) in [4.78, 5) is 23.1. The van der Waals surface area contributed by atoms with Crippen molar-refractivity contribution in [3.63, 3.8) is 0 Å². The van der Waals surface area contributed by atoms with Gasteiger partial charge in [0.25, 0.3) is 0 Å². The number of aryl methyl sites for hydroxylation is 1. The van der Waals surface area contributed by atoms with Crippen LogP contribution in [-0.4, -0.2) is 21.6 Å². The molecule has 0 saturated carbocycles. The van der Waals surface area contributed by atoms with Crippen molar-refractivity contribution in [2.75, 3.05) is 0 Å². The molecule has 102 valence electrons. The molecular weight excluding hydrogens is 254 g/mol. The molecule has 1 N–H and O–H groups in total. The van der Waals surface area contributed by atoms with Crippen LogP contribution in [0.4, 0.5) is 0 Å². The summed E-state index contributed by atoms with van der Waals surface area (Å²) in [7, 11) is 1.86. The van der Waals surface area contributed by atoms with Gasteiger partial charge >= 0.3 is 0 Å². The van der Waals surface area contributed by atoms with Crippen molar-refractivity contribution in [3.8, 4) is 11.3 Å². The van der Waals surface area contributed by atoms with E-state index in [1.807, 2.05) is 43.4 Å². The molecule has 0 radical (unpaired) electrons. The third-order valence-corrected chi connectivity index (χ3v) is 3.56. The van der Waals surface area contributed by atoms with Crippen LogP contribution in [-0.2, 0) is 16.6 Å². The maximum Gasteiger partial charge on any atom is 0.235 e. The first-order chi connectivity index (χ1) is 9.65. The number of hydrogen-bond acceptors (Lipinski definition) is 3. The standard InChI is InChI=1S/C15H15N3O2/c1-18-13(10-5-3-2-4-6-10)9-12(17-18)11-7-8-14(19)16-15(11)20/h2-6,9,11H,7-8H2,1H3,(H,16,19,20). The maximum atomic E-state index is 11.9. The van der Waals surface area contributed by atoms with Gasteiger partial charge in [-0.2, -0.15) is 5.10 Å². The summed E-state index contributed by atoms with van der Waals surface area (Å²) < 4.78 is 1.77. The minimum absolute atomic E-state index is 0.203. The first-order valence-electron chi connectivity index (χ1n) is 6.58. The highest BCUT2D eigenvalue weighted by Crippen LogP contribution is 2.27. The fourth-order valence-electron chi connectivity index (χ4n) is 2.51. The van der Waals surface area contributed by atoms with Crippen LogP contribution >= 0.6 is 0 Å². The number of imide groups is 1. The Labute approximate surface area is 116 Å². The van der Waals surface area contributed by atoms with Gasteiger partial charge in [-0.1, -0.05) is 30.3 Å². The van der Waals surface area contributed by atoms with Gasteiger partial charge in [-0.25, -0.2) is 0 Å². The van der Waals surface area contributed by atoms with Crippen molar-refractivity contribution in [1.29, 1.82) is 0 Å². The van der Waals surface area contributed by atoms with Crippen LogP contribution in [0.25, 0.3) is 11.3 Å². The Morgan fingerprint density at radius 3 is 2.70 bits per heavy atom. The number of carbonyl (C=O) groups excluding carboxylic acids is 2. The molecular formula is C15H15N3O2. The summed E-state index contributed by atoms with van der Waals surface area (Å²) in [5, 5.41) is 6.80. The van der Waals surface area contributed by atoms with E-state index in [-0.39, 0.29) is 17.7 Å². The van der Waals surface area contributed by atoms with Gasteiger partial charge in [0.05, 0.1) is 17.3 Å². The fourth-order valence-corrected chi connectivity index (χ4v) is 2.51. The molecule has 1 atom stereocenters. The summed E-state index contributed by atoms with van der Waals surface area (Å²) in [6, 6.07) is 11.8. The Hall–Kier alpha value is -2.43. The lowest BCUT2D eigenvalue weighted by Gasteiger charge is -2.18. The third-order valence-electron chi connectivity index (χ3n) is 3.56. The van der Waals surface area contributed by atoms with Crippen LogP contribution in [0.15, 0.2) is 36.4 Å². The Morgan fingerprint density at radius 2 is 2.00 bits per heavy atom. The minimum atomic E-state index is -0.337. The summed E-state index contributed by atoms with van der Waals surface area (Å²) >= 11 is 0. The molecule has 5 heteroatoms. The second kappa shape index (κ2) is 4.92. The van der Waals surface area contributed by atoms with Crippen LogP contribution in [0, 0.1) is 0 Å². The molecule has 3 rings (SSSR count). The number of piperidine rings is 1. The van der Waals surface area contributed by atoms with Gasteiger partial charge in [0.2, 0.25) is 11.8 Å². The van der Waals surface area contributed by atoms with Crippen molar-refractivity contribution < 1.29 is 9.59 Å². The van der Waals surface area contributed by atoms with Gasteiger partial charge in [-0.3, -0.25) is 19.6 Å². The van der Waals surface area contributed by atoms with Gasteiger partial charge in [0, 0.05) is 13.5 Å². The lowest BCUT2D eigenvalue weighted by molar-refractivity contribution is -0.134. The molecule has 5 nitrogen and oxygen atoms in total. The fraction of sp³-hybridized carbons (Fsp3) is 0.267. The van der Waals surface area contributed by atoms with Crippen molar-refractivity contribution in [2.24, 2.45) is 7.05 Å². The van der Waals surface area contributed by atoms with Crippen LogP contribution in [0.3, 0.4) is 0 Å². The molecule has 0 spiro atoms. The van der Waals surface area contributed by atoms with Gasteiger partial charge < -0.3 is 0 Å². The van der Waals surface area contributed by atoms with E-state index in [1.54, 1.807) is 4.68 Å². The molecule has 0 aliphatic carbocycles. The highest BCUT2D eigenvalue weighted by atomic mass is 16.2. The maximum absolute atomic E-state index is 11.9. The topological polar surface area (TPSA) is 64.0 Å². The van der Waals surface area contributed by atoms with Gasteiger partial charge in [-0.15, -0.1) is 0 Å². The van der Waals surface area contributed by atoms with Crippen molar-refractivity contribution in [3.05, 3.63) is 42.1 Å². The molecule has 1 aromatic heterocycles. The van der Waals surface area contributed by atoms with Crippen LogP contribution in [0.5, 0.6) is 0 Å². The van der Waals surface area contributed by atoms with E-state index in [9.17, 15) is 9.59 Å². The Balaban J connectivity index is 1.93. The molecule has 2 amide bonds. The van der Waals surface area contributed by atoms with E-state index >= 15 is 0 Å². The van der Waals surface area contributed by atoms with Crippen molar-refractivity contribution in [2.45, 2.75) is 18.8 Å². The average molecular weight is 269 g/mol. The van der Waals surface area contributed by atoms with E-state index in [0.717, 1.165) is 17.0 Å². The van der Waals surface area contributed by atoms with Crippen molar-refractivity contribution >= 4 is 11.8 Å². The highest BCUT2D eigenvalue weighted by Gasteiger charge is 2.30. The SMILES string of the molecule is Cn1nc(C2CCC(=O)NC2=O)cc1-c1ccccc1. The molecule has 1 aliphatic heterocycles. The quantitative estimate of drug-likeness (QED) is 0.842. The molecule has 2 heterocycles. The smallest absolute Gasteiger partial charge is 0.235 e. The van der Waals surface area contributed by atoms with Crippen LogP contribution in [0.1, 0.15) is 24.5 Å². The number of nitrogens with zero attached hydrogens (tertiary/aromatic N) is 2. The summed E-state index contributed by atoms with van der Waals surface area (Å²) in [5.74, 6) is -0.791. The summed E-state index contributed by atoms with van der Waals surface area (Å²) in [6.07, 6.45) is 0.892. The predicted octanol–water partition coefficient (Wildman–Crippen LogP) is 1.61. The van der Waals surface area contributed by atoms with Crippen molar-refractivity contribution in [1.82, 2.24) is 15.1 Å². The monoisotopic (exact) mass is 269 g/mol.